The molecule has 0 radical (unpaired) electrons. The summed E-state index contributed by atoms with van der Waals surface area (Å²) < 4.78 is 0. The van der Waals surface area contributed by atoms with Gasteiger partial charge in [-0.1, -0.05) is 0 Å². The molecule has 2 amide bonds. The molecule has 1 aliphatic heterocycles. The van der Waals surface area contributed by atoms with Crippen molar-refractivity contribution < 1.29 is 14.7 Å². The number of rotatable bonds is 5. The van der Waals surface area contributed by atoms with Gasteiger partial charge in [0.15, 0.2) is 0 Å². The smallest absolute Gasteiger partial charge is 0.239 e. The molecule has 5 heteroatoms. The minimum absolute atomic E-state index is 0.0562. The summed E-state index contributed by atoms with van der Waals surface area (Å²) in [6.45, 7) is 2.97. The van der Waals surface area contributed by atoms with Crippen LogP contribution in [-0.2, 0) is 9.59 Å². The summed E-state index contributed by atoms with van der Waals surface area (Å²) in [7, 11) is 0. The highest BCUT2D eigenvalue weighted by Crippen LogP contribution is 2.08. The van der Waals surface area contributed by atoms with E-state index in [2.05, 4.69) is 5.32 Å². The Kier molecular flexibility index (Phi) is 4.55. The Morgan fingerprint density at radius 2 is 2.40 bits per heavy atom. The summed E-state index contributed by atoms with van der Waals surface area (Å²) in [4.78, 5) is 24.1. The van der Waals surface area contributed by atoms with Crippen LogP contribution in [0.2, 0.25) is 0 Å². The van der Waals surface area contributed by atoms with Crippen LogP contribution < -0.4 is 5.32 Å². The minimum atomic E-state index is -0.404. The fourth-order valence-electron chi connectivity index (χ4n) is 1.52. The predicted octanol–water partition coefficient (Wildman–Crippen LogP) is -0.504. The average Bonchev–Trinajstić information content (AvgIpc) is 2.51. The van der Waals surface area contributed by atoms with Crippen molar-refractivity contribution in [3.05, 3.63) is 0 Å². The first-order valence-electron chi connectivity index (χ1n) is 5.32. The molecule has 1 unspecified atom stereocenters. The maximum Gasteiger partial charge on any atom is 0.239 e. The van der Waals surface area contributed by atoms with Gasteiger partial charge in [-0.25, -0.2) is 0 Å². The molecule has 15 heavy (non-hydrogen) atoms. The first-order chi connectivity index (χ1) is 7.09. The van der Waals surface area contributed by atoms with E-state index in [0.717, 1.165) is 6.42 Å². The van der Waals surface area contributed by atoms with Gasteiger partial charge in [-0.05, 0) is 19.8 Å². The summed E-state index contributed by atoms with van der Waals surface area (Å²) >= 11 is 0. The number of nitrogens with zero attached hydrogens (tertiary/aromatic N) is 1. The van der Waals surface area contributed by atoms with E-state index < -0.39 is 6.10 Å². The predicted molar refractivity (Wildman–Crippen MR) is 55.1 cm³/mol. The van der Waals surface area contributed by atoms with E-state index in [9.17, 15) is 9.59 Å². The maximum atomic E-state index is 11.3. The van der Waals surface area contributed by atoms with E-state index in [1.54, 1.807) is 11.8 Å². The van der Waals surface area contributed by atoms with Gasteiger partial charge in [-0.3, -0.25) is 9.59 Å². The number of likely N-dealkylation sites (tertiary alicyclic amines) is 1. The first kappa shape index (κ1) is 12.0. The molecule has 0 aromatic rings. The molecular formula is C10H18N2O3. The number of carbonyl (C=O) groups is 2. The Morgan fingerprint density at radius 1 is 1.67 bits per heavy atom. The van der Waals surface area contributed by atoms with Gasteiger partial charge in [-0.15, -0.1) is 0 Å². The quantitative estimate of drug-likeness (QED) is 0.648. The van der Waals surface area contributed by atoms with Gasteiger partial charge in [0.1, 0.15) is 0 Å². The zero-order chi connectivity index (χ0) is 11.3. The van der Waals surface area contributed by atoms with Gasteiger partial charge in [0.05, 0.1) is 12.6 Å². The number of aliphatic hydroxyl groups is 1. The first-order valence-corrected chi connectivity index (χ1v) is 5.32. The SMILES string of the molecule is CC(O)CCNC(=O)CN1CCCC1=O. The van der Waals surface area contributed by atoms with Gasteiger partial charge >= 0.3 is 0 Å². The summed E-state index contributed by atoms with van der Waals surface area (Å²) in [5.74, 6) is -0.0911. The number of hydrogen-bond acceptors (Lipinski definition) is 3. The largest absolute Gasteiger partial charge is 0.393 e. The van der Waals surface area contributed by atoms with Crippen LogP contribution in [0.15, 0.2) is 0 Å². The van der Waals surface area contributed by atoms with E-state index in [-0.39, 0.29) is 18.4 Å². The van der Waals surface area contributed by atoms with Crippen LogP contribution in [0, 0.1) is 0 Å². The second-order valence-electron chi connectivity index (χ2n) is 3.91. The maximum absolute atomic E-state index is 11.3. The molecule has 1 rings (SSSR count). The van der Waals surface area contributed by atoms with Crippen molar-refractivity contribution in [1.29, 1.82) is 0 Å². The molecule has 2 N–H and O–H groups in total. The molecule has 1 fully saturated rings. The fraction of sp³-hybridized carbons (Fsp3) is 0.800. The third-order valence-corrected chi connectivity index (χ3v) is 2.39. The highest BCUT2D eigenvalue weighted by molar-refractivity contribution is 5.85. The van der Waals surface area contributed by atoms with Crippen LogP contribution in [0.5, 0.6) is 0 Å². The summed E-state index contributed by atoms with van der Waals surface area (Å²) in [6.07, 6.45) is 1.54. The molecule has 5 nitrogen and oxygen atoms in total. The normalized spacial score (nSPS) is 18.0. The van der Waals surface area contributed by atoms with Crippen LogP contribution in [0.1, 0.15) is 26.2 Å². The molecule has 0 saturated carbocycles. The number of aliphatic hydroxyl groups excluding tert-OH is 1. The highest BCUT2D eigenvalue weighted by Gasteiger charge is 2.21. The van der Waals surface area contributed by atoms with Crippen LogP contribution in [0.3, 0.4) is 0 Å². The zero-order valence-corrected chi connectivity index (χ0v) is 9.03. The minimum Gasteiger partial charge on any atom is -0.393 e. The van der Waals surface area contributed by atoms with E-state index in [1.165, 1.54) is 0 Å². The summed E-state index contributed by atoms with van der Waals surface area (Å²) in [6, 6.07) is 0. The molecule has 0 aromatic heterocycles. The van der Waals surface area contributed by atoms with E-state index in [4.69, 9.17) is 5.11 Å². The van der Waals surface area contributed by atoms with Gasteiger partial charge in [0, 0.05) is 19.5 Å². The zero-order valence-electron chi connectivity index (χ0n) is 9.03. The Hall–Kier alpha value is -1.10. The number of carbonyl (C=O) groups excluding carboxylic acids is 2. The van der Waals surface area contributed by atoms with Crippen molar-refractivity contribution in [2.45, 2.75) is 32.3 Å². The van der Waals surface area contributed by atoms with Crippen molar-refractivity contribution in [3.8, 4) is 0 Å². The molecule has 0 bridgehead atoms. The number of nitrogens with one attached hydrogen (secondary N) is 1. The Balaban J connectivity index is 2.15. The third-order valence-electron chi connectivity index (χ3n) is 2.39. The van der Waals surface area contributed by atoms with Gasteiger partial charge in [-0.2, -0.15) is 0 Å². The lowest BCUT2D eigenvalue weighted by atomic mass is 10.3. The van der Waals surface area contributed by atoms with Crippen LogP contribution in [0.4, 0.5) is 0 Å². The van der Waals surface area contributed by atoms with E-state index in [0.29, 0.717) is 25.9 Å². The molecule has 0 spiro atoms. The number of amides is 2. The second-order valence-corrected chi connectivity index (χ2v) is 3.91. The Morgan fingerprint density at radius 3 is 2.93 bits per heavy atom. The standard InChI is InChI=1S/C10H18N2O3/c1-8(13)4-5-11-9(14)7-12-6-2-3-10(12)15/h8,13H,2-7H2,1H3,(H,11,14). The fourth-order valence-corrected chi connectivity index (χ4v) is 1.52. The topological polar surface area (TPSA) is 69.6 Å². The average molecular weight is 214 g/mol. The van der Waals surface area contributed by atoms with Gasteiger partial charge in [0.25, 0.3) is 0 Å². The Bertz CT molecular complexity index is 241. The second kappa shape index (κ2) is 5.70. The van der Waals surface area contributed by atoms with Crippen molar-refractivity contribution in [3.63, 3.8) is 0 Å². The molecule has 1 atom stereocenters. The Labute approximate surface area is 89.4 Å². The van der Waals surface area contributed by atoms with Crippen LogP contribution in [-0.4, -0.2) is 47.6 Å². The van der Waals surface area contributed by atoms with Gasteiger partial charge in [0.2, 0.25) is 11.8 Å². The molecule has 1 aliphatic rings. The van der Waals surface area contributed by atoms with Crippen LogP contribution in [0.25, 0.3) is 0 Å². The van der Waals surface area contributed by atoms with Crippen molar-refractivity contribution in [2.24, 2.45) is 0 Å². The molecule has 86 valence electrons. The van der Waals surface area contributed by atoms with E-state index in [1.807, 2.05) is 0 Å². The molecule has 0 aromatic carbocycles. The summed E-state index contributed by atoms with van der Waals surface area (Å²) in [5.41, 5.74) is 0. The van der Waals surface area contributed by atoms with Gasteiger partial charge < -0.3 is 15.3 Å². The van der Waals surface area contributed by atoms with Crippen LogP contribution >= 0.6 is 0 Å². The monoisotopic (exact) mass is 214 g/mol. The molecule has 1 saturated heterocycles. The molecular weight excluding hydrogens is 196 g/mol. The highest BCUT2D eigenvalue weighted by atomic mass is 16.3. The van der Waals surface area contributed by atoms with Crippen molar-refractivity contribution in [2.75, 3.05) is 19.6 Å². The lowest BCUT2D eigenvalue weighted by molar-refractivity contribution is -0.133. The molecule has 1 heterocycles. The van der Waals surface area contributed by atoms with E-state index >= 15 is 0 Å². The van der Waals surface area contributed by atoms with Crippen molar-refractivity contribution in [1.82, 2.24) is 10.2 Å². The lowest BCUT2D eigenvalue weighted by Gasteiger charge is -2.15. The van der Waals surface area contributed by atoms with Crippen molar-refractivity contribution >= 4 is 11.8 Å². The third kappa shape index (κ3) is 4.29. The summed E-state index contributed by atoms with van der Waals surface area (Å²) in [5, 5.41) is 11.6. The number of hydrogen-bond donors (Lipinski definition) is 2. The molecule has 0 aliphatic carbocycles. The lowest BCUT2D eigenvalue weighted by Crippen LogP contribution is -2.38.